The van der Waals surface area contributed by atoms with Crippen LogP contribution >= 0.6 is 0 Å². The average Bonchev–Trinajstić information content (AvgIpc) is 2.52. The number of carbonyl (C=O) groups is 5. The van der Waals surface area contributed by atoms with E-state index in [-0.39, 0.29) is 12.8 Å². The number of imide groups is 2. The summed E-state index contributed by atoms with van der Waals surface area (Å²) in [5.41, 5.74) is 0. The lowest BCUT2D eigenvalue weighted by atomic mass is 10.1. The van der Waals surface area contributed by atoms with E-state index in [1.165, 1.54) is 0 Å². The van der Waals surface area contributed by atoms with Crippen LogP contribution in [0.15, 0.2) is 0 Å². The van der Waals surface area contributed by atoms with Gasteiger partial charge in [0.05, 0.1) is 21.3 Å². The molecule has 10 nitrogen and oxygen atoms in total. The van der Waals surface area contributed by atoms with E-state index in [1.807, 2.05) is 0 Å². The lowest BCUT2D eigenvalue weighted by molar-refractivity contribution is -0.153. The number of esters is 1. The normalized spacial score (nSPS) is 18.0. The molecule has 0 saturated carbocycles. The summed E-state index contributed by atoms with van der Waals surface area (Å²) in [5, 5.41) is 0. The van der Waals surface area contributed by atoms with E-state index < -0.39 is 42.6 Å². The van der Waals surface area contributed by atoms with Crippen molar-refractivity contribution >= 4 is 30.0 Å². The van der Waals surface area contributed by atoms with Crippen LogP contribution in [-0.4, -0.2) is 73.7 Å². The van der Waals surface area contributed by atoms with E-state index in [1.54, 1.807) is 0 Å². The highest BCUT2D eigenvalue weighted by Gasteiger charge is 2.46. The van der Waals surface area contributed by atoms with Crippen LogP contribution in [0.5, 0.6) is 0 Å². The molecule has 22 heavy (non-hydrogen) atoms. The van der Waals surface area contributed by atoms with Gasteiger partial charge in [-0.3, -0.25) is 14.4 Å². The molecule has 1 fully saturated rings. The molecule has 10 heteroatoms. The Hall–Kier alpha value is -2.65. The van der Waals surface area contributed by atoms with Crippen molar-refractivity contribution in [1.29, 1.82) is 0 Å². The lowest BCUT2D eigenvalue weighted by Gasteiger charge is -2.36. The second-order valence-corrected chi connectivity index (χ2v) is 4.26. The first-order valence-corrected chi connectivity index (χ1v) is 6.23. The van der Waals surface area contributed by atoms with Gasteiger partial charge in [0.25, 0.3) is 11.8 Å². The molecule has 0 aromatic rings. The second-order valence-electron chi connectivity index (χ2n) is 4.26. The van der Waals surface area contributed by atoms with E-state index in [9.17, 15) is 24.0 Å². The summed E-state index contributed by atoms with van der Waals surface area (Å²) in [6, 6.07) is -1.34. The van der Waals surface area contributed by atoms with E-state index >= 15 is 0 Å². The summed E-state index contributed by atoms with van der Waals surface area (Å²) >= 11 is 0. The number of hydrogen-bond acceptors (Lipinski definition) is 8. The zero-order chi connectivity index (χ0) is 16.9. The van der Waals surface area contributed by atoms with Gasteiger partial charge < -0.3 is 14.2 Å². The van der Waals surface area contributed by atoms with Crippen LogP contribution in [-0.2, 0) is 28.6 Å². The Morgan fingerprint density at radius 1 is 1.05 bits per heavy atom. The molecule has 0 spiro atoms. The molecule has 1 saturated heterocycles. The third-order valence-electron chi connectivity index (χ3n) is 3.04. The number of methoxy groups -OCH3 is 3. The quantitative estimate of drug-likeness (QED) is 0.505. The average molecular weight is 316 g/mol. The molecule has 122 valence electrons. The fraction of sp³-hybridized carbons (Fsp3) is 0.583. The van der Waals surface area contributed by atoms with Gasteiger partial charge in [0.2, 0.25) is 0 Å². The van der Waals surface area contributed by atoms with Crippen molar-refractivity contribution in [3.63, 3.8) is 0 Å². The molecule has 1 heterocycles. The van der Waals surface area contributed by atoms with Gasteiger partial charge in [-0.1, -0.05) is 0 Å². The topological polar surface area (TPSA) is 120 Å². The molecule has 1 atom stereocenters. The fourth-order valence-corrected chi connectivity index (χ4v) is 1.95. The van der Waals surface area contributed by atoms with Gasteiger partial charge in [-0.15, -0.1) is 0 Å². The number of nitrogens with zero attached hydrogens (tertiary/aromatic N) is 2. The summed E-state index contributed by atoms with van der Waals surface area (Å²) in [7, 11) is 3.26. The third-order valence-corrected chi connectivity index (χ3v) is 3.04. The van der Waals surface area contributed by atoms with Gasteiger partial charge in [-0.25, -0.2) is 19.4 Å². The number of ether oxygens (including phenoxy) is 3. The first-order valence-electron chi connectivity index (χ1n) is 6.23. The van der Waals surface area contributed by atoms with Crippen LogP contribution in [0.2, 0.25) is 0 Å². The maximum absolute atomic E-state index is 12.3. The molecule has 4 amide bonds. The Morgan fingerprint density at radius 3 is 2.14 bits per heavy atom. The summed E-state index contributed by atoms with van der Waals surface area (Å²) in [4.78, 5) is 59.8. The highest BCUT2D eigenvalue weighted by atomic mass is 16.6. The Labute approximate surface area is 125 Å². The predicted molar refractivity (Wildman–Crippen MR) is 68.4 cm³/mol. The van der Waals surface area contributed by atoms with Crippen molar-refractivity contribution in [2.75, 3.05) is 27.9 Å². The molecule has 1 unspecified atom stereocenters. The van der Waals surface area contributed by atoms with Crippen LogP contribution in [0.1, 0.15) is 12.8 Å². The Morgan fingerprint density at radius 2 is 1.64 bits per heavy atom. The van der Waals surface area contributed by atoms with Crippen molar-refractivity contribution in [1.82, 2.24) is 9.80 Å². The molecular weight excluding hydrogens is 300 g/mol. The minimum absolute atomic E-state index is 0.195. The van der Waals surface area contributed by atoms with E-state index in [4.69, 9.17) is 0 Å². The van der Waals surface area contributed by atoms with Crippen LogP contribution in [0.25, 0.3) is 0 Å². The SMILES string of the molecule is COC(=O)CCC1C(=O)N(C(=O)OC)CC(=O)N1C(=O)OC. The van der Waals surface area contributed by atoms with Gasteiger partial charge in [-0.05, 0) is 6.42 Å². The smallest absolute Gasteiger partial charge is 0.417 e. The molecule has 0 radical (unpaired) electrons. The first kappa shape index (κ1) is 17.4. The molecule has 0 aromatic heterocycles. The van der Waals surface area contributed by atoms with Crippen molar-refractivity contribution in [2.45, 2.75) is 18.9 Å². The minimum atomic E-state index is -1.34. The van der Waals surface area contributed by atoms with E-state index in [2.05, 4.69) is 14.2 Å². The summed E-state index contributed by atoms with van der Waals surface area (Å²) in [6.45, 7) is -0.644. The summed E-state index contributed by atoms with van der Waals surface area (Å²) in [6.07, 6.45) is -2.48. The lowest BCUT2D eigenvalue weighted by Crippen LogP contribution is -2.62. The number of rotatable bonds is 3. The minimum Gasteiger partial charge on any atom is -0.469 e. The molecule has 0 aliphatic carbocycles. The van der Waals surface area contributed by atoms with E-state index in [0.717, 1.165) is 21.3 Å². The van der Waals surface area contributed by atoms with Crippen molar-refractivity contribution in [3.05, 3.63) is 0 Å². The van der Waals surface area contributed by atoms with Gasteiger partial charge in [0.15, 0.2) is 0 Å². The van der Waals surface area contributed by atoms with Crippen LogP contribution in [0, 0.1) is 0 Å². The standard InChI is InChI=1S/C12H16N2O8/c1-20-9(16)5-4-7-10(17)13(11(18)21-2)6-8(15)14(7)12(19)22-3/h7H,4-6H2,1-3H3. The molecule has 0 aromatic carbocycles. The molecular formula is C12H16N2O8. The van der Waals surface area contributed by atoms with Crippen LogP contribution in [0.4, 0.5) is 9.59 Å². The van der Waals surface area contributed by atoms with Crippen molar-refractivity contribution in [3.8, 4) is 0 Å². The Bertz CT molecular complexity index is 503. The molecule has 0 bridgehead atoms. The Balaban J connectivity index is 3.04. The zero-order valence-corrected chi connectivity index (χ0v) is 12.4. The number of amides is 4. The molecule has 1 aliphatic rings. The highest BCUT2D eigenvalue weighted by molar-refractivity contribution is 6.08. The van der Waals surface area contributed by atoms with Crippen LogP contribution < -0.4 is 0 Å². The van der Waals surface area contributed by atoms with Crippen LogP contribution in [0.3, 0.4) is 0 Å². The predicted octanol–water partition coefficient (Wildman–Crippen LogP) is -0.488. The molecule has 1 rings (SSSR count). The van der Waals surface area contributed by atoms with Gasteiger partial charge in [0, 0.05) is 6.42 Å². The number of carbonyl (C=O) groups excluding carboxylic acids is 5. The molecule has 0 N–H and O–H groups in total. The fourth-order valence-electron chi connectivity index (χ4n) is 1.95. The van der Waals surface area contributed by atoms with Gasteiger partial charge >= 0.3 is 18.2 Å². The van der Waals surface area contributed by atoms with Crippen molar-refractivity contribution in [2.24, 2.45) is 0 Å². The maximum atomic E-state index is 12.3. The van der Waals surface area contributed by atoms with Gasteiger partial charge in [-0.2, -0.15) is 0 Å². The molecule has 1 aliphatic heterocycles. The number of piperazine rings is 1. The largest absolute Gasteiger partial charge is 0.469 e. The maximum Gasteiger partial charge on any atom is 0.417 e. The monoisotopic (exact) mass is 316 g/mol. The first-order chi connectivity index (χ1) is 10.4. The summed E-state index contributed by atoms with van der Waals surface area (Å²) in [5.74, 6) is -2.27. The van der Waals surface area contributed by atoms with Gasteiger partial charge in [0.1, 0.15) is 12.6 Å². The van der Waals surface area contributed by atoms with Crippen molar-refractivity contribution < 1.29 is 38.2 Å². The highest BCUT2D eigenvalue weighted by Crippen LogP contribution is 2.19. The zero-order valence-electron chi connectivity index (χ0n) is 12.4. The Kier molecular flexibility index (Phi) is 5.84. The van der Waals surface area contributed by atoms with E-state index in [0.29, 0.717) is 9.80 Å². The third kappa shape index (κ3) is 3.51. The number of hydrogen-bond donors (Lipinski definition) is 0. The summed E-state index contributed by atoms with van der Waals surface area (Å²) < 4.78 is 13.3. The second kappa shape index (κ2) is 7.38.